The van der Waals surface area contributed by atoms with Gasteiger partial charge in [0, 0.05) is 25.5 Å². The molecular weight excluding hydrogens is 150 g/mol. The van der Waals surface area contributed by atoms with Gasteiger partial charge in [0.25, 0.3) is 0 Å². The molecule has 12 heavy (non-hydrogen) atoms. The Labute approximate surface area is 73.0 Å². The van der Waals surface area contributed by atoms with Crippen LogP contribution in [0.5, 0.6) is 0 Å². The zero-order valence-corrected chi connectivity index (χ0v) is 7.48. The average molecular weight is 165 g/mol. The molecule has 1 atom stereocenters. The van der Waals surface area contributed by atoms with Crippen LogP contribution in [0.4, 0.5) is 0 Å². The van der Waals surface area contributed by atoms with Gasteiger partial charge in [-0.05, 0) is 12.3 Å². The lowest BCUT2D eigenvalue weighted by Gasteiger charge is -2.15. The van der Waals surface area contributed by atoms with E-state index in [1.54, 1.807) is 0 Å². The Bertz CT molecular complexity index is 230. The number of nitrogens with zero attached hydrogens (tertiary/aromatic N) is 3. The van der Waals surface area contributed by atoms with Crippen LogP contribution in [0.1, 0.15) is 13.3 Å². The van der Waals surface area contributed by atoms with Gasteiger partial charge in [-0.25, -0.2) is 4.98 Å². The van der Waals surface area contributed by atoms with E-state index in [-0.39, 0.29) is 0 Å². The third kappa shape index (κ3) is 1.67. The molecule has 1 aromatic heterocycles. The van der Waals surface area contributed by atoms with Gasteiger partial charge in [-0.15, -0.1) is 0 Å². The third-order valence-corrected chi connectivity index (χ3v) is 2.43. The van der Waals surface area contributed by atoms with Crippen LogP contribution in [0.2, 0.25) is 0 Å². The lowest BCUT2D eigenvalue weighted by Crippen LogP contribution is -2.22. The molecule has 66 valence electrons. The summed E-state index contributed by atoms with van der Waals surface area (Å²) in [6, 6.07) is 0. The number of hydrogen-bond donors (Lipinski definition) is 0. The van der Waals surface area contributed by atoms with Crippen molar-refractivity contribution in [3.8, 4) is 0 Å². The van der Waals surface area contributed by atoms with Crippen molar-refractivity contribution in [2.45, 2.75) is 20.0 Å². The van der Waals surface area contributed by atoms with Crippen molar-refractivity contribution in [3.63, 3.8) is 0 Å². The van der Waals surface area contributed by atoms with Crippen LogP contribution in [0.15, 0.2) is 18.7 Å². The molecule has 0 saturated carbocycles. The fourth-order valence-electron chi connectivity index (χ4n) is 1.76. The molecule has 0 spiro atoms. The SMILES string of the molecule is CC1CCN(Cn2ccnc2)C1. The molecule has 0 aliphatic carbocycles. The summed E-state index contributed by atoms with van der Waals surface area (Å²) in [6.45, 7) is 5.79. The van der Waals surface area contributed by atoms with Gasteiger partial charge >= 0.3 is 0 Å². The first kappa shape index (κ1) is 7.80. The minimum absolute atomic E-state index is 0.869. The van der Waals surface area contributed by atoms with E-state index in [1.807, 2.05) is 18.7 Å². The highest BCUT2D eigenvalue weighted by molar-refractivity contribution is 4.76. The number of hydrogen-bond acceptors (Lipinski definition) is 2. The van der Waals surface area contributed by atoms with Crippen LogP contribution < -0.4 is 0 Å². The predicted octanol–water partition coefficient (Wildman–Crippen LogP) is 1.18. The van der Waals surface area contributed by atoms with Crippen LogP contribution in [0.25, 0.3) is 0 Å². The topological polar surface area (TPSA) is 21.1 Å². The molecule has 3 heteroatoms. The largest absolute Gasteiger partial charge is 0.324 e. The molecular formula is C9H15N3. The highest BCUT2D eigenvalue weighted by Crippen LogP contribution is 2.15. The molecule has 0 N–H and O–H groups in total. The molecule has 0 bridgehead atoms. The van der Waals surface area contributed by atoms with E-state index in [9.17, 15) is 0 Å². The van der Waals surface area contributed by atoms with Crippen molar-refractivity contribution in [3.05, 3.63) is 18.7 Å². The Balaban J connectivity index is 1.88. The van der Waals surface area contributed by atoms with Gasteiger partial charge in [-0.3, -0.25) is 4.90 Å². The number of imidazole rings is 1. The van der Waals surface area contributed by atoms with E-state index in [2.05, 4.69) is 21.4 Å². The molecule has 1 aliphatic rings. The Kier molecular flexibility index (Phi) is 2.13. The fourth-order valence-corrected chi connectivity index (χ4v) is 1.76. The molecule has 2 rings (SSSR count). The van der Waals surface area contributed by atoms with Crippen LogP contribution in [-0.4, -0.2) is 27.5 Å². The summed E-state index contributed by atoms with van der Waals surface area (Å²) in [5.74, 6) is 0.869. The second-order valence-electron chi connectivity index (χ2n) is 3.69. The van der Waals surface area contributed by atoms with Crippen molar-refractivity contribution < 1.29 is 0 Å². The van der Waals surface area contributed by atoms with Gasteiger partial charge in [0.1, 0.15) is 0 Å². The molecule has 1 unspecified atom stereocenters. The van der Waals surface area contributed by atoms with E-state index in [0.29, 0.717) is 0 Å². The molecule has 0 radical (unpaired) electrons. The predicted molar refractivity (Wildman–Crippen MR) is 47.6 cm³/mol. The standard InChI is InChI=1S/C9H15N3/c1-9-2-4-11(6-9)8-12-5-3-10-7-12/h3,5,7,9H,2,4,6,8H2,1H3. The van der Waals surface area contributed by atoms with E-state index in [4.69, 9.17) is 0 Å². The summed E-state index contributed by atoms with van der Waals surface area (Å²) in [7, 11) is 0. The summed E-state index contributed by atoms with van der Waals surface area (Å²) in [4.78, 5) is 6.48. The molecule has 0 amide bonds. The second-order valence-corrected chi connectivity index (χ2v) is 3.69. The first-order chi connectivity index (χ1) is 5.84. The van der Waals surface area contributed by atoms with E-state index < -0.39 is 0 Å². The van der Waals surface area contributed by atoms with Gasteiger partial charge in [0.05, 0.1) is 13.0 Å². The summed E-state index contributed by atoms with van der Waals surface area (Å²) in [6.07, 6.45) is 7.07. The first-order valence-electron chi connectivity index (χ1n) is 4.52. The highest BCUT2D eigenvalue weighted by Gasteiger charge is 2.17. The molecule has 1 saturated heterocycles. The fraction of sp³-hybridized carbons (Fsp3) is 0.667. The molecule has 2 heterocycles. The minimum atomic E-state index is 0.869. The van der Waals surface area contributed by atoms with Gasteiger partial charge in [0.15, 0.2) is 0 Å². The Morgan fingerprint density at radius 2 is 2.50 bits per heavy atom. The van der Waals surface area contributed by atoms with E-state index in [0.717, 1.165) is 12.6 Å². The zero-order chi connectivity index (χ0) is 8.39. The lowest BCUT2D eigenvalue weighted by molar-refractivity contribution is 0.262. The first-order valence-corrected chi connectivity index (χ1v) is 4.52. The minimum Gasteiger partial charge on any atom is -0.324 e. The summed E-state index contributed by atoms with van der Waals surface area (Å²) < 4.78 is 2.12. The van der Waals surface area contributed by atoms with E-state index >= 15 is 0 Å². The van der Waals surface area contributed by atoms with Crippen LogP contribution in [0, 0.1) is 5.92 Å². The van der Waals surface area contributed by atoms with Crippen LogP contribution in [-0.2, 0) is 6.67 Å². The number of rotatable bonds is 2. The summed E-state index contributed by atoms with van der Waals surface area (Å²) in [5, 5.41) is 0. The van der Waals surface area contributed by atoms with Crippen molar-refractivity contribution in [2.24, 2.45) is 5.92 Å². The van der Waals surface area contributed by atoms with Gasteiger partial charge in [0.2, 0.25) is 0 Å². The Hall–Kier alpha value is -0.830. The van der Waals surface area contributed by atoms with Gasteiger partial charge < -0.3 is 4.57 Å². The zero-order valence-electron chi connectivity index (χ0n) is 7.48. The molecule has 1 aliphatic heterocycles. The Morgan fingerprint density at radius 1 is 1.58 bits per heavy atom. The number of aromatic nitrogens is 2. The van der Waals surface area contributed by atoms with Crippen molar-refractivity contribution in [1.29, 1.82) is 0 Å². The quantitative estimate of drug-likeness (QED) is 0.656. The highest BCUT2D eigenvalue weighted by atomic mass is 15.3. The maximum atomic E-state index is 4.02. The van der Waals surface area contributed by atoms with Gasteiger partial charge in [-0.2, -0.15) is 0 Å². The van der Waals surface area contributed by atoms with Crippen molar-refractivity contribution >= 4 is 0 Å². The van der Waals surface area contributed by atoms with Crippen LogP contribution >= 0.6 is 0 Å². The molecule has 1 aromatic rings. The Morgan fingerprint density at radius 3 is 3.08 bits per heavy atom. The maximum absolute atomic E-state index is 4.02. The molecule has 0 aromatic carbocycles. The van der Waals surface area contributed by atoms with Gasteiger partial charge in [-0.1, -0.05) is 6.92 Å². The smallest absolute Gasteiger partial charge is 0.0956 e. The average Bonchev–Trinajstić information content (AvgIpc) is 2.63. The van der Waals surface area contributed by atoms with Crippen LogP contribution in [0.3, 0.4) is 0 Å². The molecule has 3 nitrogen and oxygen atoms in total. The van der Waals surface area contributed by atoms with E-state index in [1.165, 1.54) is 19.5 Å². The van der Waals surface area contributed by atoms with Crippen molar-refractivity contribution in [2.75, 3.05) is 13.1 Å². The third-order valence-electron chi connectivity index (χ3n) is 2.43. The maximum Gasteiger partial charge on any atom is 0.0956 e. The summed E-state index contributed by atoms with van der Waals surface area (Å²) in [5.41, 5.74) is 0. The van der Waals surface area contributed by atoms with Crippen molar-refractivity contribution in [1.82, 2.24) is 14.5 Å². The lowest BCUT2D eigenvalue weighted by atomic mass is 10.2. The normalized spacial score (nSPS) is 24.9. The monoisotopic (exact) mass is 165 g/mol. The second kappa shape index (κ2) is 3.27. The number of likely N-dealkylation sites (tertiary alicyclic amines) is 1. The molecule has 1 fully saturated rings. The summed E-state index contributed by atoms with van der Waals surface area (Å²) >= 11 is 0.